The van der Waals surface area contributed by atoms with E-state index in [4.69, 9.17) is 4.74 Å². The number of hydrogen-bond donors (Lipinski definition) is 1. The van der Waals surface area contributed by atoms with Crippen LogP contribution in [0.5, 0.6) is 5.75 Å². The van der Waals surface area contributed by atoms with Gasteiger partial charge in [-0.25, -0.2) is 13.1 Å². The van der Waals surface area contributed by atoms with Crippen molar-refractivity contribution < 1.29 is 18.1 Å². The van der Waals surface area contributed by atoms with Crippen molar-refractivity contribution >= 4 is 15.7 Å². The van der Waals surface area contributed by atoms with Gasteiger partial charge in [-0.3, -0.25) is 10.1 Å². The molecule has 3 aromatic rings. The summed E-state index contributed by atoms with van der Waals surface area (Å²) in [5, 5.41) is 10.8. The molecule has 0 amide bonds. The predicted octanol–water partition coefficient (Wildman–Crippen LogP) is 3.69. The standard InChI is InChI=1S/C20H18N2O5S/c23-22(24)17-11-13-18(14-12-17)27-20(16-7-3-1-4-8-16)15-21-28(25,26)19-9-5-2-6-10-19/h1-14,20-21H,15H2/t20-/m1/s1. The van der Waals surface area contributed by atoms with Gasteiger partial charge in [0.2, 0.25) is 10.0 Å². The minimum absolute atomic E-state index is 0.00176. The molecule has 0 unspecified atom stereocenters. The second kappa shape index (κ2) is 8.64. The van der Waals surface area contributed by atoms with Crippen LogP contribution in [0.3, 0.4) is 0 Å². The Hall–Kier alpha value is -3.23. The molecule has 1 N–H and O–H groups in total. The Morgan fingerprint density at radius 1 is 0.893 bits per heavy atom. The minimum Gasteiger partial charge on any atom is -0.484 e. The van der Waals surface area contributed by atoms with E-state index in [1.165, 1.54) is 36.4 Å². The van der Waals surface area contributed by atoms with Gasteiger partial charge in [0.15, 0.2) is 0 Å². The first-order valence-corrected chi connectivity index (χ1v) is 9.95. The van der Waals surface area contributed by atoms with Gasteiger partial charge < -0.3 is 4.74 Å². The first-order valence-electron chi connectivity index (χ1n) is 8.46. The number of rotatable bonds is 8. The molecule has 28 heavy (non-hydrogen) atoms. The number of non-ortho nitro benzene ring substituents is 1. The van der Waals surface area contributed by atoms with Crippen LogP contribution in [0.1, 0.15) is 11.7 Å². The molecule has 0 aromatic heterocycles. The molecule has 0 heterocycles. The van der Waals surface area contributed by atoms with Crippen molar-refractivity contribution in [1.29, 1.82) is 0 Å². The SMILES string of the molecule is O=[N+]([O-])c1ccc(O[C@H](CNS(=O)(=O)c2ccccc2)c2ccccc2)cc1. The number of ether oxygens (including phenoxy) is 1. The molecule has 0 spiro atoms. The monoisotopic (exact) mass is 398 g/mol. The van der Waals surface area contributed by atoms with Crippen molar-refractivity contribution in [2.75, 3.05) is 6.54 Å². The van der Waals surface area contributed by atoms with Crippen LogP contribution >= 0.6 is 0 Å². The number of sulfonamides is 1. The van der Waals surface area contributed by atoms with Gasteiger partial charge in [-0.15, -0.1) is 0 Å². The van der Waals surface area contributed by atoms with E-state index < -0.39 is 21.1 Å². The van der Waals surface area contributed by atoms with Gasteiger partial charge in [-0.1, -0.05) is 48.5 Å². The van der Waals surface area contributed by atoms with E-state index >= 15 is 0 Å². The number of nitro groups is 1. The summed E-state index contributed by atoms with van der Waals surface area (Å²) < 4.78 is 33.5. The Morgan fingerprint density at radius 2 is 1.46 bits per heavy atom. The smallest absolute Gasteiger partial charge is 0.269 e. The first kappa shape index (κ1) is 19.5. The molecule has 0 aliphatic heterocycles. The zero-order valence-electron chi connectivity index (χ0n) is 14.8. The zero-order valence-corrected chi connectivity index (χ0v) is 15.6. The van der Waals surface area contributed by atoms with E-state index in [2.05, 4.69) is 4.72 Å². The largest absolute Gasteiger partial charge is 0.484 e. The molecule has 0 aliphatic carbocycles. The summed E-state index contributed by atoms with van der Waals surface area (Å²) in [6.07, 6.45) is -0.610. The summed E-state index contributed by atoms with van der Waals surface area (Å²) in [7, 11) is -3.69. The van der Waals surface area contributed by atoms with E-state index in [0.717, 1.165) is 5.56 Å². The third kappa shape index (κ3) is 4.93. The molecule has 0 bridgehead atoms. The number of hydrogen-bond acceptors (Lipinski definition) is 5. The summed E-state index contributed by atoms with van der Waals surface area (Å²) in [4.78, 5) is 10.5. The van der Waals surface area contributed by atoms with Crippen LogP contribution < -0.4 is 9.46 Å². The Labute approximate surface area is 162 Å². The molecule has 1 atom stereocenters. The van der Waals surface area contributed by atoms with Gasteiger partial charge in [-0.2, -0.15) is 0 Å². The second-order valence-electron chi connectivity index (χ2n) is 5.93. The molecule has 7 nitrogen and oxygen atoms in total. The van der Waals surface area contributed by atoms with Crippen molar-refractivity contribution in [2.24, 2.45) is 0 Å². The third-order valence-corrected chi connectivity index (χ3v) is 5.45. The molecule has 0 saturated heterocycles. The lowest BCUT2D eigenvalue weighted by Crippen LogP contribution is -2.30. The van der Waals surface area contributed by atoms with Crippen molar-refractivity contribution in [3.05, 3.63) is 101 Å². The maximum absolute atomic E-state index is 12.5. The van der Waals surface area contributed by atoms with E-state index in [1.54, 1.807) is 18.2 Å². The normalized spacial score (nSPS) is 12.3. The van der Waals surface area contributed by atoms with E-state index in [9.17, 15) is 18.5 Å². The molecule has 3 aromatic carbocycles. The molecule has 0 radical (unpaired) electrons. The van der Waals surface area contributed by atoms with Gasteiger partial charge in [0.05, 0.1) is 16.4 Å². The maximum Gasteiger partial charge on any atom is 0.269 e. The molecular weight excluding hydrogens is 380 g/mol. The lowest BCUT2D eigenvalue weighted by atomic mass is 10.1. The molecule has 0 saturated carbocycles. The quantitative estimate of drug-likeness (QED) is 0.461. The molecule has 144 valence electrons. The molecule has 0 aliphatic rings. The van der Waals surface area contributed by atoms with E-state index in [1.807, 2.05) is 30.3 Å². The minimum atomic E-state index is -3.69. The third-order valence-electron chi connectivity index (χ3n) is 4.01. The molecular formula is C20H18N2O5S. The Bertz CT molecular complexity index is 1020. The van der Waals surface area contributed by atoms with Gasteiger partial charge in [0, 0.05) is 12.1 Å². The number of nitrogens with one attached hydrogen (secondary N) is 1. The van der Waals surface area contributed by atoms with Crippen molar-refractivity contribution in [3.63, 3.8) is 0 Å². The highest BCUT2D eigenvalue weighted by atomic mass is 32.2. The Balaban J connectivity index is 1.79. The average Bonchev–Trinajstić information content (AvgIpc) is 2.73. The van der Waals surface area contributed by atoms with Crippen LogP contribution in [-0.4, -0.2) is 19.9 Å². The topological polar surface area (TPSA) is 98.5 Å². The van der Waals surface area contributed by atoms with Gasteiger partial charge in [0.1, 0.15) is 11.9 Å². The number of nitro benzene ring substituents is 1. The molecule has 0 fully saturated rings. The summed E-state index contributed by atoms with van der Waals surface area (Å²) in [6.45, 7) is -0.00176. The van der Waals surface area contributed by atoms with E-state index in [0.29, 0.717) is 5.75 Å². The number of benzene rings is 3. The van der Waals surface area contributed by atoms with Crippen LogP contribution in [-0.2, 0) is 10.0 Å². The number of nitrogens with zero attached hydrogens (tertiary/aromatic N) is 1. The van der Waals surface area contributed by atoms with Crippen LogP contribution in [0.2, 0.25) is 0 Å². The lowest BCUT2D eigenvalue weighted by molar-refractivity contribution is -0.384. The fourth-order valence-corrected chi connectivity index (χ4v) is 3.63. The second-order valence-corrected chi connectivity index (χ2v) is 7.70. The lowest BCUT2D eigenvalue weighted by Gasteiger charge is -2.20. The fraction of sp³-hybridized carbons (Fsp3) is 0.100. The highest BCUT2D eigenvalue weighted by Crippen LogP contribution is 2.24. The summed E-state index contributed by atoms with van der Waals surface area (Å²) >= 11 is 0. The summed E-state index contributed by atoms with van der Waals surface area (Å²) in [5.74, 6) is 0.401. The van der Waals surface area contributed by atoms with Crippen LogP contribution in [0.4, 0.5) is 5.69 Å². The highest BCUT2D eigenvalue weighted by Gasteiger charge is 2.19. The zero-order chi connectivity index (χ0) is 20.0. The van der Waals surface area contributed by atoms with Crippen molar-refractivity contribution in [2.45, 2.75) is 11.0 Å². The van der Waals surface area contributed by atoms with Crippen molar-refractivity contribution in [1.82, 2.24) is 4.72 Å². The van der Waals surface area contributed by atoms with Gasteiger partial charge in [-0.05, 0) is 29.8 Å². The van der Waals surface area contributed by atoms with Crippen LogP contribution in [0.15, 0.2) is 89.8 Å². The van der Waals surface area contributed by atoms with Gasteiger partial charge in [0.25, 0.3) is 5.69 Å². The highest BCUT2D eigenvalue weighted by molar-refractivity contribution is 7.89. The molecule has 3 rings (SSSR count). The van der Waals surface area contributed by atoms with E-state index in [-0.39, 0.29) is 17.1 Å². The first-order chi connectivity index (χ1) is 13.5. The maximum atomic E-state index is 12.5. The Kier molecular flexibility index (Phi) is 6.03. The average molecular weight is 398 g/mol. The van der Waals surface area contributed by atoms with Crippen LogP contribution in [0, 0.1) is 10.1 Å². The fourth-order valence-electron chi connectivity index (χ4n) is 2.57. The van der Waals surface area contributed by atoms with Gasteiger partial charge >= 0.3 is 0 Å². The summed E-state index contributed by atoms with van der Waals surface area (Å²) in [5.41, 5.74) is 0.727. The predicted molar refractivity (Wildman–Crippen MR) is 105 cm³/mol. The van der Waals surface area contributed by atoms with Crippen molar-refractivity contribution in [3.8, 4) is 5.75 Å². The summed E-state index contributed by atoms with van der Waals surface area (Å²) in [6, 6.07) is 22.9. The Morgan fingerprint density at radius 3 is 2.04 bits per heavy atom. The van der Waals surface area contributed by atoms with Crippen LogP contribution in [0.25, 0.3) is 0 Å². The molecule has 8 heteroatoms.